The van der Waals surface area contributed by atoms with Gasteiger partial charge < -0.3 is 5.11 Å². The maximum absolute atomic E-state index is 12.4. The van der Waals surface area contributed by atoms with Crippen LogP contribution in [0.2, 0.25) is 0 Å². The van der Waals surface area contributed by atoms with Gasteiger partial charge in [-0.25, -0.2) is 9.36 Å². The number of aliphatic hydroxyl groups is 1. The van der Waals surface area contributed by atoms with E-state index in [1.165, 1.54) is 10.9 Å². The predicted octanol–water partition coefficient (Wildman–Crippen LogP) is 1.51. The first-order valence-corrected chi connectivity index (χ1v) is 6.62. The quantitative estimate of drug-likeness (QED) is 0.792. The van der Waals surface area contributed by atoms with Crippen molar-refractivity contribution in [3.63, 3.8) is 0 Å². The van der Waals surface area contributed by atoms with Gasteiger partial charge in [-0.15, -0.1) is 0 Å². The molecule has 0 aliphatic heterocycles. The number of hydrogen-bond acceptors (Lipinski definition) is 4. The van der Waals surface area contributed by atoms with Crippen molar-refractivity contribution < 1.29 is 18.3 Å². The maximum Gasteiger partial charge on any atom is 0.416 e. The first-order valence-electron chi connectivity index (χ1n) is 6.62. The zero-order valence-electron chi connectivity index (χ0n) is 11.6. The zero-order chi connectivity index (χ0) is 16.6. The second kappa shape index (κ2) is 5.51. The van der Waals surface area contributed by atoms with Crippen molar-refractivity contribution in [2.24, 2.45) is 0 Å². The van der Waals surface area contributed by atoms with E-state index < -0.39 is 24.4 Å². The fraction of sp³-hybridized carbons (Fsp3) is 0.214. The van der Waals surface area contributed by atoms with Gasteiger partial charge in [-0.2, -0.15) is 23.4 Å². The Kier molecular flexibility index (Phi) is 3.64. The third kappa shape index (κ3) is 2.95. The minimum Gasteiger partial charge on any atom is -0.382 e. The van der Waals surface area contributed by atoms with Gasteiger partial charge in [-0.3, -0.25) is 4.79 Å². The summed E-state index contributed by atoms with van der Waals surface area (Å²) in [5.74, 6) is 0. The number of benzene rings is 1. The van der Waals surface area contributed by atoms with Gasteiger partial charge >= 0.3 is 6.18 Å². The molecule has 0 amide bonds. The number of aliphatic hydroxyl groups excluding tert-OH is 1. The third-order valence-corrected chi connectivity index (χ3v) is 3.26. The molecule has 0 aliphatic carbocycles. The third-order valence-electron chi connectivity index (χ3n) is 3.26. The molecule has 1 N–H and O–H groups in total. The molecular weight excluding hydrogens is 313 g/mol. The molecule has 0 spiro atoms. The molecule has 0 bridgehead atoms. The Labute approximate surface area is 127 Å². The summed E-state index contributed by atoms with van der Waals surface area (Å²) in [7, 11) is 0. The van der Waals surface area contributed by atoms with Crippen LogP contribution in [0.3, 0.4) is 0 Å². The fourth-order valence-electron chi connectivity index (χ4n) is 2.06. The van der Waals surface area contributed by atoms with E-state index in [0.29, 0.717) is 15.8 Å². The monoisotopic (exact) mass is 324 g/mol. The van der Waals surface area contributed by atoms with Gasteiger partial charge in [0.25, 0.3) is 5.56 Å². The lowest BCUT2D eigenvalue weighted by molar-refractivity contribution is -0.208. The first kappa shape index (κ1) is 15.2. The van der Waals surface area contributed by atoms with E-state index in [-0.39, 0.29) is 5.52 Å². The number of alkyl halides is 3. The smallest absolute Gasteiger partial charge is 0.382 e. The molecule has 3 aromatic rings. The van der Waals surface area contributed by atoms with Crippen LogP contribution in [0.4, 0.5) is 13.2 Å². The fourth-order valence-corrected chi connectivity index (χ4v) is 2.06. The lowest BCUT2D eigenvalue weighted by Gasteiger charge is -2.14. The Balaban J connectivity index is 2.01. The van der Waals surface area contributed by atoms with Gasteiger partial charge in [0.2, 0.25) is 0 Å². The van der Waals surface area contributed by atoms with Crippen LogP contribution in [-0.4, -0.2) is 36.9 Å². The van der Waals surface area contributed by atoms with E-state index in [4.69, 9.17) is 5.11 Å². The highest BCUT2D eigenvalue weighted by molar-refractivity contribution is 5.76. The zero-order valence-corrected chi connectivity index (χ0v) is 11.6. The van der Waals surface area contributed by atoms with Crippen molar-refractivity contribution in [1.82, 2.24) is 19.6 Å². The summed E-state index contributed by atoms with van der Waals surface area (Å²) in [5.41, 5.74) is -0.108. The summed E-state index contributed by atoms with van der Waals surface area (Å²) in [6.07, 6.45) is -4.68. The molecule has 0 saturated heterocycles. The molecule has 23 heavy (non-hydrogen) atoms. The summed E-state index contributed by atoms with van der Waals surface area (Å²) in [6, 6.07) is 8.94. The molecule has 0 saturated carbocycles. The summed E-state index contributed by atoms with van der Waals surface area (Å²) in [5, 5.41) is 17.2. The minimum atomic E-state index is -4.82. The van der Waals surface area contributed by atoms with Gasteiger partial charge in [0.05, 0.1) is 18.4 Å². The summed E-state index contributed by atoms with van der Waals surface area (Å²) < 4.78 is 39.2. The highest BCUT2D eigenvalue weighted by Crippen LogP contribution is 2.20. The number of fused-ring (bicyclic) bond motifs is 1. The van der Waals surface area contributed by atoms with Crippen LogP contribution in [-0.2, 0) is 6.54 Å². The Hall–Kier alpha value is -2.68. The second-order valence-corrected chi connectivity index (χ2v) is 4.90. The maximum atomic E-state index is 12.4. The van der Waals surface area contributed by atoms with Crippen molar-refractivity contribution in [3.8, 4) is 5.69 Å². The number of hydrogen-bond donors (Lipinski definition) is 1. The second-order valence-electron chi connectivity index (χ2n) is 4.90. The predicted molar refractivity (Wildman–Crippen MR) is 75.2 cm³/mol. The van der Waals surface area contributed by atoms with E-state index in [0.717, 1.165) is 0 Å². The SMILES string of the molecule is O=c1c2nn(-c3ccccc3)cc2cnn1CC(O)C(F)(F)F. The number of para-hydroxylation sites is 1. The Morgan fingerprint density at radius 1 is 1.22 bits per heavy atom. The number of aromatic nitrogens is 4. The molecule has 3 rings (SSSR count). The van der Waals surface area contributed by atoms with E-state index >= 15 is 0 Å². The standard InChI is InChI=1S/C14H11F3N4O2/c15-14(16,17)11(22)8-21-13(23)12-9(6-18-21)7-20(19-12)10-4-2-1-3-5-10/h1-7,11,22H,8H2. The van der Waals surface area contributed by atoms with Crippen molar-refractivity contribution in [2.45, 2.75) is 18.8 Å². The summed E-state index contributed by atoms with van der Waals surface area (Å²) in [4.78, 5) is 12.2. The number of nitrogens with zero attached hydrogens (tertiary/aromatic N) is 4. The van der Waals surface area contributed by atoms with E-state index in [2.05, 4.69) is 10.2 Å². The van der Waals surface area contributed by atoms with Crippen molar-refractivity contribution in [2.75, 3.05) is 0 Å². The summed E-state index contributed by atoms with van der Waals surface area (Å²) >= 11 is 0. The molecule has 1 unspecified atom stereocenters. The van der Waals surface area contributed by atoms with E-state index in [1.807, 2.05) is 6.07 Å². The molecule has 120 valence electrons. The molecule has 1 atom stereocenters. The average molecular weight is 324 g/mol. The average Bonchev–Trinajstić information content (AvgIpc) is 2.95. The Bertz CT molecular complexity index is 886. The molecule has 2 heterocycles. The van der Waals surface area contributed by atoms with Gasteiger partial charge in [0, 0.05) is 11.6 Å². The largest absolute Gasteiger partial charge is 0.416 e. The van der Waals surface area contributed by atoms with E-state index in [1.54, 1.807) is 30.5 Å². The Morgan fingerprint density at radius 2 is 1.91 bits per heavy atom. The molecule has 0 radical (unpaired) electrons. The number of halogens is 3. The summed E-state index contributed by atoms with van der Waals surface area (Å²) in [6.45, 7) is -0.976. The van der Waals surface area contributed by atoms with Crippen molar-refractivity contribution >= 4 is 10.9 Å². The van der Waals surface area contributed by atoms with Gasteiger partial charge in [-0.05, 0) is 12.1 Å². The normalized spacial score (nSPS) is 13.4. The van der Waals surface area contributed by atoms with Crippen LogP contribution in [0.15, 0.2) is 47.5 Å². The van der Waals surface area contributed by atoms with Gasteiger partial charge in [0.15, 0.2) is 11.6 Å². The van der Waals surface area contributed by atoms with Crippen LogP contribution in [0, 0.1) is 0 Å². The topological polar surface area (TPSA) is 72.9 Å². The lowest BCUT2D eigenvalue weighted by Crippen LogP contribution is -2.37. The highest BCUT2D eigenvalue weighted by atomic mass is 19.4. The van der Waals surface area contributed by atoms with Crippen LogP contribution in [0.25, 0.3) is 16.6 Å². The van der Waals surface area contributed by atoms with Crippen molar-refractivity contribution in [3.05, 3.63) is 53.1 Å². The first-order chi connectivity index (χ1) is 10.9. The molecule has 1 aromatic carbocycles. The van der Waals surface area contributed by atoms with Gasteiger partial charge in [-0.1, -0.05) is 18.2 Å². The molecule has 6 nitrogen and oxygen atoms in total. The molecule has 0 aliphatic rings. The van der Waals surface area contributed by atoms with Crippen LogP contribution < -0.4 is 5.56 Å². The highest BCUT2D eigenvalue weighted by Gasteiger charge is 2.38. The van der Waals surface area contributed by atoms with Gasteiger partial charge in [0.1, 0.15) is 0 Å². The van der Waals surface area contributed by atoms with Crippen LogP contribution in [0.1, 0.15) is 0 Å². The molecule has 0 fully saturated rings. The molecule has 9 heteroatoms. The van der Waals surface area contributed by atoms with Crippen molar-refractivity contribution in [1.29, 1.82) is 0 Å². The van der Waals surface area contributed by atoms with E-state index in [9.17, 15) is 18.0 Å². The lowest BCUT2D eigenvalue weighted by atomic mass is 10.3. The Morgan fingerprint density at radius 3 is 2.57 bits per heavy atom. The molecular formula is C14H11F3N4O2. The molecule has 2 aromatic heterocycles. The van der Waals surface area contributed by atoms with Crippen LogP contribution in [0.5, 0.6) is 0 Å². The minimum absolute atomic E-state index is 0.0155. The number of rotatable bonds is 3. The van der Waals surface area contributed by atoms with Crippen LogP contribution >= 0.6 is 0 Å².